The van der Waals surface area contributed by atoms with Crippen molar-refractivity contribution in [3.8, 4) is 11.4 Å². The second-order valence-corrected chi connectivity index (χ2v) is 7.14. The van der Waals surface area contributed by atoms with E-state index in [1.165, 1.54) is 12.1 Å². The van der Waals surface area contributed by atoms with Crippen LogP contribution in [0.1, 0.15) is 38.3 Å². The summed E-state index contributed by atoms with van der Waals surface area (Å²) >= 11 is 0. The minimum absolute atomic E-state index is 0.000312. The van der Waals surface area contributed by atoms with Crippen molar-refractivity contribution in [2.45, 2.75) is 45.1 Å². The van der Waals surface area contributed by atoms with E-state index in [0.29, 0.717) is 23.1 Å². The molecule has 27 heavy (non-hydrogen) atoms. The van der Waals surface area contributed by atoms with E-state index in [9.17, 15) is 4.39 Å². The van der Waals surface area contributed by atoms with Crippen LogP contribution < -0.4 is 21.7 Å². The van der Waals surface area contributed by atoms with Gasteiger partial charge in [-0.2, -0.15) is 0 Å². The molecule has 5 N–H and O–H groups in total. The Morgan fingerprint density at radius 2 is 2.11 bits per heavy atom. The van der Waals surface area contributed by atoms with Crippen molar-refractivity contribution in [3.63, 3.8) is 0 Å². The molecule has 0 aliphatic carbocycles. The fraction of sp³-hybridized carbons (Fsp3) is 0.500. The van der Waals surface area contributed by atoms with E-state index in [2.05, 4.69) is 22.1 Å². The molecule has 0 bridgehead atoms. The topological polar surface area (TPSA) is 93.1 Å². The number of likely N-dealkylation sites (N-methyl/N-ethyl adjacent to an activating group) is 1. The van der Waals surface area contributed by atoms with Crippen molar-refractivity contribution in [2.24, 2.45) is 0 Å². The zero-order chi connectivity index (χ0) is 19.4. The third kappa shape index (κ3) is 4.30. The van der Waals surface area contributed by atoms with Crippen LogP contribution in [-0.4, -0.2) is 36.1 Å². The van der Waals surface area contributed by atoms with E-state index >= 15 is 0 Å². The first-order chi connectivity index (χ1) is 13.0. The summed E-state index contributed by atoms with van der Waals surface area (Å²) < 4.78 is 14.0. The summed E-state index contributed by atoms with van der Waals surface area (Å²) in [4.78, 5) is 11.6. The van der Waals surface area contributed by atoms with Crippen molar-refractivity contribution < 1.29 is 4.39 Å². The maximum atomic E-state index is 14.0. The van der Waals surface area contributed by atoms with Gasteiger partial charge in [0.2, 0.25) is 0 Å². The zero-order valence-electron chi connectivity index (χ0n) is 16.1. The highest BCUT2D eigenvalue weighted by Crippen LogP contribution is 2.33. The molecule has 3 rings (SSSR count). The molecule has 6 nitrogen and oxygen atoms in total. The molecule has 0 spiro atoms. The maximum absolute atomic E-state index is 14.0. The number of piperidine rings is 1. The first-order valence-corrected chi connectivity index (χ1v) is 9.67. The van der Waals surface area contributed by atoms with Crippen LogP contribution in [0.4, 0.5) is 21.6 Å². The van der Waals surface area contributed by atoms with Crippen LogP contribution in [0, 0.1) is 5.82 Å². The first kappa shape index (κ1) is 19.4. The molecule has 1 unspecified atom stereocenters. The van der Waals surface area contributed by atoms with Crippen molar-refractivity contribution >= 4 is 17.2 Å². The molecule has 1 atom stereocenters. The maximum Gasteiger partial charge on any atom is 0.166 e. The van der Waals surface area contributed by atoms with Crippen LogP contribution >= 0.6 is 0 Å². The van der Waals surface area contributed by atoms with E-state index in [-0.39, 0.29) is 5.69 Å². The van der Waals surface area contributed by atoms with Gasteiger partial charge in [0.25, 0.3) is 0 Å². The Balaban J connectivity index is 2.05. The van der Waals surface area contributed by atoms with Gasteiger partial charge in [-0.25, -0.2) is 14.4 Å². The molecule has 7 heteroatoms. The van der Waals surface area contributed by atoms with Gasteiger partial charge in [-0.1, -0.05) is 13.3 Å². The molecular weight excluding hydrogens is 343 g/mol. The SMILES string of the molecule is CCCCc1cc(N2CCCC(NC)C2)nc(-c2c(N)ccc(F)c2N)n1. The Bertz CT molecular complexity index is 794. The number of aromatic nitrogens is 2. The molecule has 1 aromatic heterocycles. The molecule has 0 amide bonds. The Kier molecular flexibility index (Phi) is 6.11. The van der Waals surface area contributed by atoms with E-state index in [4.69, 9.17) is 16.5 Å². The van der Waals surface area contributed by atoms with E-state index in [1.807, 2.05) is 13.1 Å². The van der Waals surface area contributed by atoms with Gasteiger partial charge < -0.3 is 21.7 Å². The van der Waals surface area contributed by atoms with Gasteiger partial charge in [0.1, 0.15) is 11.6 Å². The highest BCUT2D eigenvalue weighted by Gasteiger charge is 2.22. The van der Waals surface area contributed by atoms with Crippen molar-refractivity contribution in [2.75, 3.05) is 36.5 Å². The lowest BCUT2D eigenvalue weighted by atomic mass is 10.1. The van der Waals surface area contributed by atoms with Gasteiger partial charge in [0.15, 0.2) is 5.82 Å². The molecule has 1 aromatic carbocycles. The number of nitrogens with two attached hydrogens (primary N) is 2. The minimum atomic E-state index is -0.503. The number of nitrogens with one attached hydrogen (secondary N) is 1. The third-order valence-corrected chi connectivity index (χ3v) is 5.15. The fourth-order valence-electron chi connectivity index (χ4n) is 3.52. The van der Waals surface area contributed by atoms with E-state index in [0.717, 1.165) is 56.7 Å². The summed E-state index contributed by atoms with van der Waals surface area (Å²) in [6.45, 7) is 3.97. The monoisotopic (exact) mass is 372 g/mol. The number of aryl methyl sites for hydroxylation is 1. The third-order valence-electron chi connectivity index (χ3n) is 5.15. The van der Waals surface area contributed by atoms with Crippen LogP contribution in [0.3, 0.4) is 0 Å². The largest absolute Gasteiger partial charge is 0.398 e. The first-order valence-electron chi connectivity index (χ1n) is 9.67. The van der Waals surface area contributed by atoms with Crippen molar-refractivity contribution in [1.82, 2.24) is 15.3 Å². The van der Waals surface area contributed by atoms with Gasteiger partial charge in [-0.15, -0.1) is 0 Å². The average Bonchev–Trinajstić information content (AvgIpc) is 2.69. The fourth-order valence-corrected chi connectivity index (χ4v) is 3.52. The molecule has 1 aliphatic heterocycles. The van der Waals surface area contributed by atoms with E-state index < -0.39 is 5.82 Å². The normalized spacial score (nSPS) is 17.3. The number of nitrogen functional groups attached to an aromatic ring is 2. The quantitative estimate of drug-likeness (QED) is 0.675. The Hall–Kier alpha value is -2.41. The Morgan fingerprint density at radius 3 is 2.85 bits per heavy atom. The molecule has 1 fully saturated rings. The number of benzene rings is 1. The Morgan fingerprint density at radius 1 is 1.30 bits per heavy atom. The standard InChI is InChI=1S/C20H29FN6/c1-3-4-6-13-11-17(27-10-5-7-14(12-27)24-2)26-20(25-13)18-16(22)9-8-15(21)19(18)23/h8-9,11,14,24H,3-7,10,12,22-23H2,1-2H3. The van der Waals surface area contributed by atoms with Crippen LogP contribution in [0.2, 0.25) is 0 Å². The lowest BCUT2D eigenvalue weighted by Crippen LogP contribution is -2.44. The summed E-state index contributed by atoms with van der Waals surface area (Å²) in [6.07, 6.45) is 5.20. The van der Waals surface area contributed by atoms with Crippen LogP contribution in [0.15, 0.2) is 18.2 Å². The average molecular weight is 372 g/mol. The molecule has 1 aliphatic rings. The molecule has 146 valence electrons. The number of nitrogens with zero attached hydrogens (tertiary/aromatic N) is 3. The molecule has 1 saturated heterocycles. The van der Waals surface area contributed by atoms with Gasteiger partial charge >= 0.3 is 0 Å². The lowest BCUT2D eigenvalue weighted by Gasteiger charge is -2.33. The lowest BCUT2D eigenvalue weighted by molar-refractivity contribution is 0.447. The van der Waals surface area contributed by atoms with Gasteiger partial charge in [-0.3, -0.25) is 0 Å². The number of halogens is 1. The summed E-state index contributed by atoms with van der Waals surface area (Å²) in [5.74, 6) is 0.755. The van der Waals surface area contributed by atoms with Crippen LogP contribution in [0.5, 0.6) is 0 Å². The summed E-state index contributed by atoms with van der Waals surface area (Å²) in [5.41, 5.74) is 13.8. The predicted molar refractivity (Wildman–Crippen MR) is 109 cm³/mol. The van der Waals surface area contributed by atoms with Gasteiger partial charge in [0.05, 0.1) is 11.3 Å². The zero-order valence-corrected chi connectivity index (χ0v) is 16.1. The van der Waals surface area contributed by atoms with Crippen molar-refractivity contribution in [3.05, 3.63) is 29.7 Å². The highest BCUT2D eigenvalue weighted by molar-refractivity contribution is 5.83. The highest BCUT2D eigenvalue weighted by atomic mass is 19.1. The van der Waals surface area contributed by atoms with Crippen molar-refractivity contribution in [1.29, 1.82) is 0 Å². The number of hydrogen-bond donors (Lipinski definition) is 3. The molecule has 0 saturated carbocycles. The second-order valence-electron chi connectivity index (χ2n) is 7.14. The number of hydrogen-bond acceptors (Lipinski definition) is 6. The molecule has 2 aromatic rings. The smallest absolute Gasteiger partial charge is 0.166 e. The van der Waals surface area contributed by atoms with Gasteiger partial charge in [0, 0.05) is 36.6 Å². The summed E-state index contributed by atoms with van der Waals surface area (Å²) in [5, 5.41) is 3.35. The molecule has 2 heterocycles. The number of unbranched alkanes of at least 4 members (excludes halogenated alkanes) is 1. The molecule has 0 radical (unpaired) electrons. The molecular formula is C20H29FN6. The predicted octanol–water partition coefficient (Wildman–Crippen LogP) is 2.98. The van der Waals surface area contributed by atoms with Gasteiger partial charge in [-0.05, 0) is 44.9 Å². The van der Waals surface area contributed by atoms with E-state index in [1.54, 1.807) is 0 Å². The van der Waals surface area contributed by atoms with Crippen LogP contribution in [0.25, 0.3) is 11.4 Å². The summed E-state index contributed by atoms with van der Waals surface area (Å²) in [7, 11) is 1.99. The minimum Gasteiger partial charge on any atom is -0.398 e. The summed E-state index contributed by atoms with van der Waals surface area (Å²) in [6, 6.07) is 5.27. The second kappa shape index (κ2) is 8.52. The Labute approximate surface area is 160 Å². The number of anilines is 3. The number of rotatable bonds is 6. The van der Waals surface area contributed by atoms with Crippen LogP contribution in [-0.2, 0) is 6.42 Å².